The Hall–Kier alpha value is -0.550. The highest BCUT2D eigenvalue weighted by Gasteiger charge is 2.23. The Morgan fingerprint density at radius 1 is 1.26 bits per heavy atom. The van der Waals surface area contributed by atoms with Crippen LogP contribution in [0.1, 0.15) is 37.3 Å². The average Bonchev–Trinajstić information content (AvgIpc) is 2.73. The molecule has 6 heteroatoms. The maximum absolute atomic E-state index is 10.5. The Balaban J connectivity index is 2.52. The molecular weight excluding hydrogens is 351 g/mol. The summed E-state index contributed by atoms with van der Waals surface area (Å²) in [6.45, 7) is 3.95. The molecule has 1 heterocycles. The van der Waals surface area contributed by atoms with Gasteiger partial charge in [-0.2, -0.15) is 5.10 Å². The van der Waals surface area contributed by atoms with E-state index in [0.717, 1.165) is 4.47 Å². The largest absolute Gasteiger partial charge is 0.382 e. The molecule has 0 amide bonds. The number of hydrogen-bond acceptors (Lipinski definition) is 2. The first kappa shape index (κ1) is 14.9. The number of aliphatic hydroxyl groups is 1. The van der Waals surface area contributed by atoms with E-state index >= 15 is 0 Å². The molecular formula is C13H13BrCl2N2O. The van der Waals surface area contributed by atoms with Crippen LogP contribution in [0.15, 0.2) is 28.9 Å². The minimum absolute atomic E-state index is 0.100. The Bertz CT molecular complexity index is 598. The fourth-order valence-electron chi connectivity index (χ4n) is 1.89. The third-order valence-electron chi connectivity index (χ3n) is 2.79. The van der Waals surface area contributed by atoms with Crippen LogP contribution in [0.5, 0.6) is 0 Å². The molecule has 0 saturated heterocycles. The third-order valence-corrected chi connectivity index (χ3v) is 3.92. The van der Waals surface area contributed by atoms with Gasteiger partial charge in [-0.05, 0) is 32.0 Å². The zero-order valence-electron chi connectivity index (χ0n) is 10.4. The molecule has 1 unspecified atom stereocenters. The number of rotatable bonds is 3. The second-order valence-electron chi connectivity index (χ2n) is 4.48. The van der Waals surface area contributed by atoms with Crippen LogP contribution in [0.4, 0.5) is 0 Å². The molecule has 0 saturated carbocycles. The van der Waals surface area contributed by atoms with Gasteiger partial charge in [0.25, 0.3) is 0 Å². The van der Waals surface area contributed by atoms with Crippen LogP contribution in [0.3, 0.4) is 0 Å². The van der Waals surface area contributed by atoms with Gasteiger partial charge >= 0.3 is 0 Å². The van der Waals surface area contributed by atoms with Gasteiger partial charge in [-0.15, -0.1) is 0 Å². The molecule has 2 aromatic rings. The van der Waals surface area contributed by atoms with Gasteiger partial charge in [-0.1, -0.05) is 39.1 Å². The number of halogens is 3. The zero-order chi connectivity index (χ0) is 14.2. The molecule has 0 bridgehead atoms. The second-order valence-corrected chi connectivity index (χ2v) is 6.21. The van der Waals surface area contributed by atoms with E-state index in [0.29, 0.717) is 21.3 Å². The maximum atomic E-state index is 10.5. The highest BCUT2D eigenvalue weighted by molar-refractivity contribution is 9.10. The minimum atomic E-state index is -0.914. The predicted molar refractivity (Wildman–Crippen MR) is 80.8 cm³/mol. The number of nitrogens with zero attached hydrogens (tertiary/aromatic N) is 2. The van der Waals surface area contributed by atoms with Crippen LogP contribution in [-0.2, 0) is 0 Å². The SMILES string of the molecule is CC(C)n1ncc(Cl)c1C(O)c1cc(Br)ccc1Cl. The summed E-state index contributed by atoms with van der Waals surface area (Å²) in [6.07, 6.45) is 0.619. The molecule has 0 spiro atoms. The van der Waals surface area contributed by atoms with Crippen molar-refractivity contribution in [3.63, 3.8) is 0 Å². The first-order chi connectivity index (χ1) is 8.91. The minimum Gasteiger partial charge on any atom is -0.382 e. The lowest BCUT2D eigenvalue weighted by atomic mass is 10.1. The molecule has 0 aliphatic rings. The number of aromatic nitrogens is 2. The van der Waals surface area contributed by atoms with E-state index in [1.807, 2.05) is 19.9 Å². The quantitative estimate of drug-likeness (QED) is 0.864. The van der Waals surface area contributed by atoms with E-state index in [-0.39, 0.29) is 6.04 Å². The smallest absolute Gasteiger partial charge is 0.124 e. The first-order valence-corrected chi connectivity index (χ1v) is 7.32. The fourth-order valence-corrected chi connectivity index (χ4v) is 2.72. The summed E-state index contributed by atoms with van der Waals surface area (Å²) in [5.41, 5.74) is 1.15. The zero-order valence-corrected chi connectivity index (χ0v) is 13.5. The normalized spacial score (nSPS) is 13.0. The molecule has 102 valence electrons. The van der Waals surface area contributed by atoms with Crippen molar-refractivity contribution < 1.29 is 5.11 Å². The maximum Gasteiger partial charge on any atom is 0.124 e. The van der Waals surface area contributed by atoms with E-state index in [4.69, 9.17) is 23.2 Å². The summed E-state index contributed by atoms with van der Waals surface area (Å²) in [4.78, 5) is 0. The van der Waals surface area contributed by atoms with Gasteiger partial charge < -0.3 is 5.11 Å². The van der Waals surface area contributed by atoms with Crippen LogP contribution in [0, 0.1) is 0 Å². The highest BCUT2D eigenvalue weighted by Crippen LogP contribution is 2.34. The summed E-state index contributed by atoms with van der Waals surface area (Å²) in [7, 11) is 0. The van der Waals surface area contributed by atoms with Gasteiger partial charge in [0, 0.05) is 21.1 Å². The molecule has 2 rings (SSSR count). The van der Waals surface area contributed by atoms with Crippen molar-refractivity contribution in [2.75, 3.05) is 0 Å². The Kier molecular flexibility index (Phi) is 4.56. The van der Waals surface area contributed by atoms with E-state index in [1.165, 1.54) is 6.20 Å². The monoisotopic (exact) mass is 362 g/mol. The fraction of sp³-hybridized carbons (Fsp3) is 0.308. The summed E-state index contributed by atoms with van der Waals surface area (Å²) in [6, 6.07) is 5.43. The van der Waals surface area contributed by atoms with Gasteiger partial charge in [0.15, 0.2) is 0 Å². The highest BCUT2D eigenvalue weighted by atomic mass is 79.9. The lowest BCUT2D eigenvalue weighted by molar-refractivity contribution is 0.205. The lowest BCUT2D eigenvalue weighted by Gasteiger charge is -2.18. The van der Waals surface area contributed by atoms with Gasteiger partial charge in [-0.3, -0.25) is 4.68 Å². The van der Waals surface area contributed by atoms with Crippen LogP contribution < -0.4 is 0 Å². The number of benzene rings is 1. The van der Waals surface area contributed by atoms with Crippen LogP contribution in [0.25, 0.3) is 0 Å². The topological polar surface area (TPSA) is 38.0 Å². The van der Waals surface area contributed by atoms with E-state index in [9.17, 15) is 5.11 Å². The molecule has 1 atom stereocenters. The van der Waals surface area contributed by atoms with Crippen molar-refractivity contribution in [3.8, 4) is 0 Å². The lowest BCUT2D eigenvalue weighted by Crippen LogP contribution is -2.13. The van der Waals surface area contributed by atoms with Crippen LogP contribution in [-0.4, -0.2) is 14.9 Å². The van der Waals surface area contributed by atoms with Crippen LogP contribution >= 0.6 is 39.1 Å². The van der Waals surface area contributed by atoms with E-state index < -0.39 is 6.10 Å². The molecule has 0 aliphatic carbocycles. The third kappa shape index (κ3) is 2.97. The molecule has 19 heavy (non-hydrogen) atoms. The molecule has 3 nitrogen and oxygen atoms in total. The van der Waals surface area contributed by atoms with Crippen molar-refractivity contribution in [3.05, 3.63) is 50.2 Å². The predicted octanol–water partition coefficient (Wildman–Crippen LogP) is 4.62. The number of hydrogen-bond donors (Lipinski definition) is 1. The van der Waals surface area contributed by atoms with Gasteiger partial charge in [-0.25, -0.2) is 0 Å². The van der Waals surface area contributed by atoms with Crippen molar-refractivity contribution in [1.29, 1.82) is 0 Å². The molecule has 0 radical (unpaired) electrons. The van der Waals surface area contributed by atoms with E-state index in [2.05, 4.69) is 21.0 Å². The van der Waals surface area contributed by atoms with E-state index in [1.54, 1.807) is 16.8 Å². The van der Waals surface area contributed by atoms with Crippen molar-refractivity contribution in [2.24, 2.45) is 0 Å². The van der Waals surface area contributed by atoms with Gasteiger partial charge in [0.2, 0.25) is 0 Å². The Morgan fingerprint density at radius 3 is 2.58 bits per heavy atom. The summed E-state index contributed by atoms with van der Waals surface area (Å²) in [5.74, 6) is 0. The molecule has 1 N–H and O–H groups in total. The Morgan fingerprint density at radius 2 is 1.95 bits per heavy atom. The van der Waals surface area contributed by atoms with Crippen molar-refractivity contribution in [1.82, 2.24) is 9.78 Å². The van der Waals surface area contributed by atoms with Crippen molar-refractivity contribution in [2.45, 2.75) is 26.0 Å². The molecule has 1 aromatic heterocycles. The van der Waals surface area contributed by atoms with Crippen LogP contribution in [0.2, 0.25) is 10.0 Å². The molecule has 0 fully saturated rings. The average molecular weight is 364 g/mol. The second kappa shape index (κ2) is 5.83. The molecule has 0 aliphatic heterocycles. The summed E-state index contributed by atoms with van der Waals surface area (Å²) in [5, 5.41) is 15.6. The summed E-state index contributed by atoms with van der Waals surface area (Å²) >= 11 is 15.6. The standard InChI is InChI=1S/C13H13BrCl2N2O/c1-7(2)18-12(11(16)6-17-18)13(19)9-5-8(14)3-4-10(9)15/h3-7,13,19H,1-2H3. The summed E-state index contributed by atoms with van der Waals surface area (Å²) < 4.78 is 2.54. The van der Waals surface area contributed by atoms with Gasteiger partial charge in [0.05, 0.1) is 16.9 Å². The first-order valence-electron chi connectivity index (χ1n) is 5.77. The number of aliphatic hydroxyl groups excluding tert-OH is 1. The van der Waals surface area contributed by atoms with Gasteiger partial charge in [0.1, 0.15) is 6.10 Å². The van der Waals surface area contributed by atoms with Crippen molar-refractivity contribution >= 4 is 39.1 Å². The Labute approximate surface area is 130 Å². The molecule has 1 aromatic carbocycles.